The Morgan fingerprint density at radius 1 is 1.06 bits per heavy atom. The molecule has 4 aliphatic rings. The van der Waals surface area contributed by atoms with Crippen molar-refractivity contribution in [1.29, 1.82) is 0 Å². The number of aromatic nitrogens is 1. The van der Waals surface area contributed by atoms with Gasteiger partial charge in [0.25, 0.3) is 5.91 Å². The maximum Gasteiger partial charge on any atom is 0.495 e. The number of halogens is 1. The topological polar surface area (TPSA) is 43.7 Å². The van der Waals surface area contributed by atoms with Crippen molar-refractivity contribution in [2.45, 2.75) is 89.9 Å². The van der Waals surface area contributed by atoms with Crippen molar-refractivity contribution in [2.75, 3.05) is 11.4 Å². The molecule has 2 unspecified atom stereocenters. The minimum atomic E-state index is -0.664. The van der Waals surface area contributed by atoms with Crippen LogP contribution in [0.25, 0.3) is 0 Å². The lowest BCUT2D eigenvalue weighted by Crippen LogP contribution is -2.43. The number of carbonyl (C=O) groups is 1. The fourth-order valence-electron chi connectivity index (χ4n) is 6.42. The van der Waals surface area contributed by atoms with Crippen molar-refractivity contribution < 1.29 is 18.5 Å². The van der Waals surface area contributed by atoms with E-state index in [1.807, 2.05) is 34.6 Å². The first kappa shape index (κ1) is 21.4. The van der Waals surface area contributed by atoms with Crippen LogP contribution in [0, 0.1) is 5.82 Å². The van der Waals surface area contributed by atoms with Gasteiger partial charge in [0.15, 0.2) is 0 Å². The minimum absolute atomic E-state index is 0.0322. The van der Waals surface area contributed by atoms with E-state index in [-0.39, 0.29) is 11.7 Å². The zero-order chi connectivity index (χ0) is 23.3. The highest BCUT2D eigenvalue weighted by Gasteiger charge is 2.52. The molecule has 33 heavy (non-hydrogen) atoms. The fraction of sp³-hybridized carbons (Fsp3) is 0.577. The summed E-state index contributed by atoms with van der Waals surface area (Å²) >= 11 is 0. The SMILES string of the molecule is CCc1c(B2OC(C)(C)C(C)(C)O2)cc(F)cc1N1CCn2c(cc3c2C2CCC3C2)C1=O. The number of hydrogen-bond acceptors (Lipinski definition) is 3. The summed E-state index contributed by atoms with van der Waals surface area (Å²) in [7, 11) is -0.664. The van der Waals surface area contributed by atoms with E-state index in [1.54, 1.807) is 4.90 Å². The van der Waals surface area contributed by atoms with Gasteiger partial charge < -0.3 is 18.8 Å². The predicted octanol–water partition coefficient (Wildman–Crippen LogP) is 4.51. The molecule has 1 aromatic carbocycles. The molecule has 1 amide bonds. The Morgan fingerprint density at radius 2 is 1.76 bits per heavy atom. The molecule has 6 rings (SSSR count). The second-order valence-corrected chi connectivity index (χ2v) is 11.1. The van der Waals surface area contributed by atoms with Gasteiger partial charge in [0.2, 0.25) is 0 Å². The molecule has 3 heterocycles. The largest absolute Gasteiger partial charge is 0.495 e. The van der Waals surface area contributed by atoms with Gasteiger partial charge in [0.05, 0.1) is 11.2 Å². The number of hydrogen-bond donors (Lipinski definition) is 0. The average Bonchev–Trinajstić information content (AvgIpc) is 3.48. The van der Waals surface area contributed by atoms with Gasteiger partial charge in [0, 0.05) is 30.4 Å². The molecule has 2 aromatic rings. The Hall–Kier alpha value is -2.12. The van der Waals surface area contributed by atoms with Gasteiger partial charge in [-0.3, -0.25) is 4.79 Å². The number of amides is 1. The van der Waals surface area contributed by atoms with Crippen LogP contribution in [0.15, 0.2) is 18.2 Å². The zero-order valence-corrected chi connectivity index (χ0v) is 20.2. The first-order valence-electron chi connectivity index (χ1n) is 12.3. The number of anilines is 1. The normalized spacial score (nSPS) is 26.8. The fourth-order valence-corrected chi connectivity index (χ4v) is 6.42. The lowest BCUT2D eigenvalue weighted by atomic mass is 9.74. The Labute approximate surface area is 195 Å². The third kappa shape index (κ3) is 2.94. The van der Waals surface area contributed by atoms with Crippen LogP contribution in [0.4, 0.5) is 10.1 Å². The van der Waals surface area contributed by atoms with Crippen LogP contribution in [0.5, 0.6) is 0 Å². The van der Waals surface area contributed by atoms with Crippen molar-refractivity contribution in [2.24, 2.45) is 0 Å². The average molecular weight is 450 g/mol. The van der Waals surface area contributed by atoms with Crippen molar-refractivity contribution in [3.8, 4) is 0 Å². The first-order chi connectivity index (χ1) is 15.6. The van der Waals surface area contributed by atoms with Gasteiger partial charge in [-0.25, -0.2) is 4.39 Å². The van der Waals surface area contributed by atoms with E-state index in [4.69, 9.17) is 9.31 Å². The van der Waals surface area contributed by atoms with Crippen LogP contribution in [0.3, 0.4) is 0 Å². The monoisotopic (exact) mass is 450 g/mol. The minimum Gasteiger partial charge on any atom is -0.399 e. The molecule has 2 aliphatic carbocycles. The summed E-state index contributed by atoms with van der Waals surface area (Å²) < 4.78 is 29.7. The van der Waals surface area contributed by atoms with Crippen molar-refractivity contribution in [3.63, 3.8) is 0 Å². The van der Waals surface area contributed by atoms with Crippen LogP contribution < -0.4 is 10.4 Å². The van der Waals surface area contributed by atoms with E-state index < -0.39 is 18.3 Å². The van der Waals surface area contributed by atoms with Crippen LogP contribution >= 0.6 is 0 Å². The van der Waals surface area contributed by atoms with E-state index in [0.717, 1.165) is 17.8 Å². The van der Waals surface area contributed by atoms with E-state index in [1.165, 1.54) is 42.7 Å². The van der Waals surface area contributed by atoms with Crippen molar-refractivity contribution in [1.82, 2.24) is 4.57 Å². The molecule has 0 radical (unpaired) electrons. The Kier molecular flexibility index (Phi) is 4.51. The molecular formula is C26H32BFN2O3. The molecule has 1 saturated heterocycles. The smallest absolute Gasteiger partial charge is 0.399 e. The molecule has 5 nitrogen and oxygen atoms in total. The third-order valence-corrected chi connectivity index (χ3v) is 8.82. The number of carbonyl (C=O) groups excluding carboxylic acids is 1. The molecule has 7 heteroatoms. The molecule has 1 saturated carbocycles. The maximum absolute atomic E-state index is 14.9. The second-order valence-electron chi connectivity index (χ2n) is 11.1. The van der Waals surface area contributed by atoms with E-state index in [2.05, 4.69) is 10.6 Å². The number of benzene rings is 1. The van der Waals surface area contributed by atoms with Crippen LogP contribution in [-0.2, 0) is 22.3 Å². The molecule has 0 N–H and O–H groups in total. The predicted molar refractivity (Wildman–Crippen MR) is 127 cm³/mol. The molecular weight excluding hydrogens is 418 g/mol. The number of nitrogens with zero attached hydrogens (tertiary/aromatic N) is 2. The van der Waals surface area contributed by atoms with Gasteiger partial charge in [-0.15, -0.1) is 0 Å². The molecule has 2 fully saturated rings. The summed E-state index contributed by atoms with van der Waals surface area (Å²) in [6.45, 7) is 11.3. The Morgan fingerprint density at radius 3 is 2.45 bits per heavy atom. The summed E-state index contributed by atoms with van der Waals surface area (Å²) in [6.07, 6.45) is 4.37. The highest BCUT2D eigenvalue weighted by molar-refractivity contribution is 6.62. The maximum atomic E-state index is 14.9. The Bertz CT molecular complexity index is 1150. The summed E-state index contributed by atoms with van der Waals surface area (Å²) in [5, 5.41) is 0. The van der Waals surface area contributed by atoms with Crippen LogP contribution in [0.2, 0.25) is 0 Å². The third-order valence-electron chi connectivity index (χ3n) is 8.82. The molecule has 2 atom stereocenters. The summed E-state index contributed by atoms with van der Waals surface area (Å²) in [6, 6.07) is 5.13. The van der Waals surface area contributed by atoms with Crippen molar-refractivity contribution >= 4 is 24.2 Å². The highest BCUT2D eigenvalue weighted by atomic mass is 19.1. The van der Waals surface area contributed by atoms with Gasteiger partial charge >= 0.3 is 7.12 Å². The lowest BCUT2D eigenvalue weighted by Gasteiger charge is -2.32. The van der Waals surface area contributed by atoms with Crippen LogP contribution in [-0.4, -0.2) is 35.3 Å². The molecule has 1 aromatic heterocycles. The first-order valence-corrected chi connectivity index (χ1v) is 12.3. The van der Waals surface area contributed by atoms with E-state index >= 15 is 0 Å². The van der Waals surface area contributed by atoms with Gasteiger partial charge in [-0.1, -0.05) is 6.92 Å². The quantitative estimate of drug-likeness (QED) is 0.647. The molecule has 0 spiro atoms. The number of fused-ring (bicyclic) bond motifs is 7. The van der Waals surface area contributed by atoms with Gasteiger partial charge in [-0.2, -0.15) is 0 Å². The molecule has 2 bridgehead atoms. The van der Waals surface area contributed by atoms with Crippen LogP contribution in [0.1, 0.15) is 93.0 Å². The molecule has 174 valence electrons. The molecule has 2 aliphatic heterocycles. The van der Waals surface area contributed by atoms with Gasteiger partial charge in [0.1, 0.15) is 11.5 Å². The second kappa shape index (κ2) is 6.95. The lowest BCUT2D eigenvalue weighted by molar-refractivity contribution is 0.00578. The van der Waals surface area contributed by atoms with Crippen molar-refractivity contribution in [3.05, 3.63) is 46.5 Å². The summed E-state index contributed by atoms with van der Waals surface area (Å²) in [4.78, 5) is 15.5. The standard InChI is InChI=1S/C26H32BFN2O3/c1-6-18-20(27-32-25(2,3)26(4,5)33-27)12-17(28)13-21(18)30-10-9-29-22(24(30)31)14-19-15-7-8-16(11-15)23(19)29/h12-16H,6-11H2,1-5H3. The summed E-state index contributed by atoms with van der Waals surface area (Å²) in [5.74, 6) is 0.810. The van der Waals surface area contributed by atoms with E-state index in [9.17, 15) is 9.18 Å². The zero-order valence-electron chi connectivity index (χ0n) is 20.2. The highest BCUT2D eigenvalue weighted by Crippen LogP contribution is 2.54. The van der Waals surface area contributed by atoms with E-state index in [0.29, 0.717) is 36.0 Å². The Balaban J connectivity index is 1.40. The number of rotatable bonds is 3. The van der Waals surface area contributed by atoms with Gasteiger partial charge in [-0.05, 0) is 94.1 Å². The summed E-state index contributed by atoms with van der Waals surface area (Å²) in [5.41, 5.74) is 4.73.